The summed E-state index contributed by atoms with van der Waals surface area (Å²) in [5.74, 6) is 0. The fraction of sp³-hybridized carbons (Fsp3) is 0.333. The molecule has 2 aromatic carbocycles. The third-order valence-electron chi connectivity index (χ3n) is 3.75. The molecule has 2 nitrogen and oxygen atoms in total. The molecule has 0 atom stereocenters. The molecule has 0 aromatic heterocycles. The lowest BCUT2D eigenvalue weighted by molar-refractivity contribution is 0.401. The summed E-state index contributed by atoms with van der Waals surface area (Å²) in [5.41, 5.74) is 3.76. The van der Waals surface area contributed by atoms with Gasteiger partial charge in [-0.1, -0.05) is 40.2 Å². The van der Waals surface area contributed by atoms with Gasteiger partial charge in [-0.25, -0.2) is 0 Å². The van der Waals surface area contributed by atoms with E-state index < -0.39 is 0 Å². The Morgan fingerprint density at radius 3 is 2.05 bits per heavy atom. The summed E-state index contributed by atoms with van der Waals surface area (Å²) in [7, 11) is 4.12. The zero-order valence-electron chi connectivity index (χ0n) is 13.2. The van der Waals surface area contributed by atoms with E-state index in [2.05, 4.69) is 103 Å². The van der Waals surface area contributed by atoms with Gasteiger partial charge in [-0.3, -0.25) is 0 Å². The summed E-state index contributed by atoms with van der Waals surface area (Å²) < 4.78 is 1.11. The first-order valence-electron chi connectivity index (χ1n) is 7.16. The van der Waals surface area contributed by atoms with E-state index >= 15 is 0 Å². The molecule has 0 unspecified atom stereocenters. The Bertz CT molecular complexity index is 571. The number of benzene rings is 2. The first-order chi connectivity index (χ1) is 9.88. The standard InChI is InChI=1S/C18H23BrN2/c1-18(2,15-7-9-16(19)10-8-15)20-13-14-5-11-17(12-6-14)21(3)4/h5-12,20H,13H2,1-4H3. The van der Waals surface area contributed by atoms with E-state index in [0.29, 0.717) is 0 Å². The Balaban J connectivity index is 2.02. The Morgan fingerprint density at radius 1 is 0.952 bits per heavy atom. The third kappa shape index (κ3) is 4.32. The Kier molecular flexibility index (Phi) is 5.07. The van der Waals surface area contributed by atoms with E-state index in [9.17, 15) is 0 Å². The van der Waals surface area contributed by atoms with Crippen molar-refractivity contribution >= 4 is 21.6 Å². The van der Waals surface area contributed by atoms with Crippen LogP contribution in [-0.2, 0) is 12.1 Å². The normalized spacial score (nSPS) is 11.5. The maximum Gasteiger partial charge on any atom is 0.0380 e. The molecular formula is C18H23BrN2. The highest BCUT2D eigenvalue weighted by atomic mass is 79.9. The largest absolute Gasteiger partial charge is 0.378 e. The van der Waals surface area contributed by atoms with Crippen LogP contribution in [0, 0.1) is 0 Å². The molecule has 21 heavy (non-hydrogen) atoms. The van der Waals surface area contributed by atoms with Crippen LogP contribution in [0.25, 0.3) is 0 Å². The first kappa shape index (κ1) is 16.1. The molecule has 0 heterocycles. The lowest BCUT2D eigenvalue weighted by Gasteiger charge is -2.27. The van der Waals surface area contributed by atoms with Crippen molar-refractivity contribution in [3.63, 3.8) is 0 Å². The summed E-state index contributed by atoms with van der Waals surface area (Å²) in [5, 5.41) is 3.63. The minimum atomic E-state index is -0.0546. The Morgan fingerprint density at radius 2 is 1.52 bits per heavy atom. The van der Waals surface area contributed by atoms with E-state index in [1.54, 1.807) is 0 Å². The van der Waals surface area contributed by atoms with E-state index in [0.717, 1.165) is 11.0 Å². The van der Waals surface area contributed by atoms with Crippen LogP contribution in [0.1, 0.15) is 25.0 Å². The summed E-state index contributed by atoms with van der Waals surface area (Å²) in [6.45, 7) is 5.28. The SMILES string of the molecule is CN(C)c1ccc(CNC(C)(C)c2ccc(Br)cc2)cc1. The predicted molar refractivity (Wildman–Crippen MR) is 94.8 cm³/mol. The molecule has 0 aliphatic carbocycles. The summed E-state index contributed by atoms with van der Waals surface area (Å²) in [6.07, 6.45) is 0. The van der Waals surface area contributed by atoms with Gasteiger partial charge in [-0.05, 0) is 49.2 Å². The predicted octanol–water partition coefficient (Wildman–Crippen LogP) is 4.54. The van der Waals surface area contributed by atoms with Crippen LogP contribution in [0.15, 0.2) is 53.0 Å². The maximum atomic E-state index is 3.63. The van der Waals surface area contributed by atoms with Crippen molar-refractivity contribution in [2.45, 2.75) is 25.9 Å². The van der Waals surface area contributed by atoms with Crippen molar-refractivity contribution in [1.82, 2.24) is 5.32 Å². The van der Waals surface area contributed by atoms with Gasteiger partial charge in [0.25, 0.3) is 0 Å². The monoisotopic (exact) mass is 346 g/mol. The Labute approximate surface area is 136 Å². The second-order valence-electron chi connectivity index (χ2n) is 6.05. The first-order valence-corrected chi connectivity index (χ1v) is 7.95. The van der Waals surface area contributed by atoms with Gasteiger partial charge in [-0.2, -0.15) is 0 Å². The molecule has 0 saturated heterocycles. The van der Waals surface area contributed by atoms with Crippen LogP contribution in [-0.4, -0.2) is 14.1 Å². The number of nitrogens with one attached hydrogen (secondary N) is 1. The van der Waals surface area contributed by atoms with Crippen LogP contribution in [0.5, 0.6) is 0 Å². The average Bonchev–Trinajstić information content (AvgIpc) is 2.46. The number of anilines is 1. The summed E-state index contributed by atoms with van der Waals surface area (Å²) >= 11 is 3.48. The summed E-state index contributed by atoms with van der Waals surface area (Å²) in [4.78, 5) is 2.11. The molecule has 3 heteroatoms. The number of rotatable bonds is 5. The van der Waals surface area contributed by atoms with Gasteiger partial charge < -0.3 is 10.2 Å². The smallest absolute Gasteiger partial charge is 0.0380 e. The second-order valence-corrected chi connectivity index (χ2v) is 6.96. The van der Waals surface area contributed by atoms with Crippen molar-refractivity contribution in [2.75, 3.05) is 19.0 Å². The molecule has 0 radical (unpaired) electrons. The molecule has 2 rings (SSSR count). The number of halogens is 1. The van der Waals surface area contributed by atoms with E-state index in [1.165, 1.54) is 16.8 Å². The van der Waals surface area contributed by atoms with E-state index in [4.69, 9.17) is 0 Å². The van der Waals surface area contributed by atoms with Gasteiger partial charge in [0.15, 0.2) is 0 Å². The van der Waals surface area contributed by atoms with Gasteiger partial charge in [0.05, 0.1) is 0 Å². The van der Waals surface area contributed by atoms with Crippen LogP contribution in [0.4, 0.5) is 5.69 Å². The number of hydrogen-bond acceptors (Lipinski definition) is 2. The quantitative estimate of drug-likeness (QED) is 0.854. The third-order valence-corrected chi connectivity index (χ3v) is 4.28. The molecule has 112 valence electrons. The van der Waals surface area contributed by atoms with Crippen LogP contribution < -0.4 is 10.2 Å². The average molecular weight is 347 g/mol. The van der Waals surface area contributed by atoms with Crippen LogP contribution in [0.2, 0.25) is 0 Å². The van der Waals surface area contributed by atoms with Crippen LogP contribution >= 0.6 is 15.9 Å². The van der Waals surface area contributed by atoms with Crippen molar-refractivity contribution in [3.8, 4) is 0 Å². The molecule has 0 aliphatic rings. The number of nitrogens with zero attached hydrogens (tertiary/aromatic N) is 1. The molecule has 2 aromatic rings. The molecule has 0 amide bonds. The lowest BCUT2D eigenvalue weighted by Crippen LogP contribution is -2.35. The molecule has 0 aliphatic heterocycles. The number of hydrogen-bond donors (Lipinski definition) is 1. The fourth-order valence-electron chi connectivity index (χ4n) is 2.20. The molecule has 0 spiro atoms. The van der Waals surface area contributed by atoms with Gasteiger partial charge in [0.2, 0.25) is 0 Å². The van der Waals surface area contributed by atoms with E-state index in [-0.39, 0.29) is 5.54 Å². The van der Waals surface area contributed by atoms with Crippen molar-refractivity contribution in [3.05, 3.63) is 64.1 Å². The zero-order valence-corrected chi connectivity index (χ0v) is 14.7. The maximum absolute atomic E-state index is 3.63. The van der Waals surface area contributed by atoms with E-state index in [1.807, 2.05) is 0 Å². The fourth-order valence-corrected chi connectivity index (χ4v) is 2.47. The highest BCUT2D eigenvalue weighted by Crippen LogP contribution is 2.23. The molecule has 0 saturated carbocycles. The van der Waals surface area contributed by atoms with Crippen molar-refractivity contribution in [1.29, 1.82) is 0 Å². The highest BCUT2D eigenvalue weighted by Gasteiger charge is 2.19. The minimum absolute atomic E-state index is 0.0546. The molecule has 0 bridgehead atoms. The molecule has 0 fully saturated rings. The Hall–Kier alpha value is -1.32. The zero-order chi connectivity index (χ0) is 15.5. The second kappa shape index (κ2) is 6.63. The van der Waals surface area contributed by atoms with Crippen molar-refractivity contribution < 1.29 is 0 Å². The van der Waals surface area contributed by atoms with Gasteiger partial charge in [-0.15, -0.1) is 0 Å². The van der Waals surface area contributed by atoms with Gasteiger partial charge in [0.1, 0.15) is 0 Å². The molecular weight excluding hydrogens is 324 g/mol. The highest BCUT2D eigenvalue weighted by molar-refractivity contribution is 9.10. The summed E-state index contributed by atoms with van der Waals surface area (Å²) in [6, 6.07) is 17.2. The molecule has 1 N–H and O–H groups in total. The lowest BCUT2D eigenvalue weighted by atomic mass is 9.94. The topological polar surface area (TPSA) is 15.3 Å². The van der Waals surface area contributed by atoms with Gasteiger partial charge in [0, 0.05) is 36.3 Å². The van der Waals surface area contributed by atoms with Gasteiger partial charge >= 0.3 is 0 Å². The van der Waals surface area contributed by atoms with Crippen LogP contribution in [0.3, 0.4) is 0 Å². The minimum Gasteiger partial charge on any atom is -0.378 e. The van der Waals surface area contributed by atoms with Crippen molar-refractivity contribution in [2.24, 2.45) is 0 Å².